The van der Waals surface area contributed by atoms with E-state index in [0.29, 0.717) is 32.8 Å². The number of carbonyl (C=O) groups is 1. The highest BCUT2D eigenvalue weighted by Gasteiger charge is 2.25. The predicted octanol–water partition coefficient (Wildman–Crippen LogP) is 1.23. The number of morpholine rings is 1. The molecule has 1 aromatic rings. The van der Waals surface area contributed by atoms with E-state index in [1.165, 1.54) is 11.3 Å². The van der Waals surface area contributed by atoms with E-state index in [9.17, 15) is 4.79 Å². The molecule has 1 aliphatic rings. The normalized spacial score (nSPS) is 19.6. The van der Waals surface area contributed by atoms with E-state index in [1.54, 1.807) is 11.1 Å². The number of aromatic nitrogens is 1. The zero-order valence-electron chi connectivity index (χ0n) is 12.7. The van der Waals surface area contributed by atoms with Gasteiger partial charge in [-0.3, -0.25) is 9.69 Å². The van der Waals surface area contributed by atoms with Crippen LogP contribution < -0.4 is 4.90 Å². The molecule has 1 atom stereocenters. The van der Waals surface area contributed by atoms with Crippen molar-refractivity contribution in [2.75, 3.05) is 51.4 Å². The number of amides is 1. The molecule has 1 aromatic heterocycles. The number of carbonyl (C=O) groups excluding carboxylic acids is 1. The highest BCUT2D eigenvalue weighted by atomic mass is 32.1. The maximum atomic E-state index is 12.4. The smallest absolute Gasteiger partial charge is 0.231 e. The number of anilines is 1. The van der Waals surface area contributed by atoms with Crippen molar-refractivity contribution < 1.29 is 14.3 Å². The molecule has 1 amide bonds. The van der Waals surface area contributed by atoms with E-state index >= 15 is 0 Å². The van der Waals surface area contributed by atoms with E-state index in [0.717, 1.165) is 18.2 Å². The molecule has 0 unspecified atom stereocenters. The second-order valence-corrected chi connectivity index (χ2v) is 5.89. The first-order valence-corrected chi connectivity index (χ1v) is 8.16. The Hall–Kier alpha value is -1.02. The minimum Gasteiger partial charge on any atom is -0.381 e. The van der Waals surface area contributed by atoms with Gasteiger partial charge < -0.3 is 14.4 Å². The van der Waals surface area contributed by atoms with Crippen molar-refractivity contribution >= 4 is 22.4 Å². The molecule has 1 aliphatic heterocycles. The van der Waals surface area contributed by atoms with Crippen LogP contribution in [0.3, 0.4) is 0 Å². The summed E-state index contributed by atoms with van der Waals surface area (Å²) in [4.78, 5) is 20.6. The van der Waals surface area contributed by atoms with E-state index in [4.69, 9.17) is 9.47 Å². The van der Waals surface area contributed by atoms with Crippen molar-refractivity contribution in [2.24, 2.45) is 0 Å². The van der Waals surface area contributed by atoms with Gasteiger partial charge in [0, 0.05) is 31.3 Å². The molecule has 2 heterocycles. The Balaban J connectivity index is 1.97. The summed E-state index contributed by atoms with van der Waals surface area (Å²) < 4.78 is 11.0. The van der Waals surface area contributed by atoms with Crippen LogP contribution in [-0.2, 0) is 14.3 Å². The predicted molar refractivity (Wildman–Crippen MR) is 82.8 cm³/mol. The zero-order valence-corrected chi connectivity index (χ0v) is 13.5. The summed E-state index contributed by atoms with van der Waals surface area (Å²) in [5, 5.41) is 2.61. The van der Waals surface area contributed by atoms with Gasteiger partial charge in [0.1, 0.15) is 0 Å². The molecule has 1 fully saturated rings. The molecule has 0 N–H and O–H groups in total. The largest absolute Gasteiger partial charge is 0.381 e. The van der Waals surface area contributed by atoms with Crippen LogP contribution in [0.1, 0.15) is 13.3 Å². The molecule has 0 bridgehead atoms. The first-order chi connectivity index (χ1) is 10.2. The first-order valence-electron chi connectivity index (χ1n) is 7.28. The van der Waals surface area contributed by atoms with Crippen LogP contribution in [0, 0.1) is 0 Å². The van der Waals surface area contributed by atoms with Crippen LogP contribution in [-0.4, -0.2) is 68.4 Å². The number of rotatable bonds is 7. The Morgan fingerprint density at radius 1 is 1.67 bits per heavy atom. The number of hydrogen-bond donors (Lipinski definition) is 0. The van der Waals surface area contributed by atoms with Gasteiger partial charge >= 0.3 is 0 Å². The SMILES string of the molecule is CCOCCC(=O)N(C[C@H]1CN(C)CCO1)c1nccs1. The average molecular weight is 313 g/mol. The number of hydrogen-bond acceptors (Lipinski definition) is 6. The molecule has 21 heavy (non-hydrogen) atoms. The fourth-order valence-electron chi connectivity index (χ4n) is 2.26. The van der Waals surface area contributed by atoms with Gasteiger partial charge in [0.2, 0.25) is 5.91 Å². The summed E-state index contributed by atoms with van der Waals surface area (Å²) in [6.45, 7) is 6.02. The fraction of sp³-hybridized carbons (Fsp3) is 0.714. The summed E-state index contributed by atoms with van der Waals surface area (Å²) in [6, 6.07) is 0. The van der Waals surface area contributed by atoms with Gasteiger partial charge in [0.15, 0.2) is 5.13 Å². The van der Waals surface area contributed by atoms with Crippen LogP contribution >= 0.6 is 11.3 Å². The van der Waals surface area contributed by atoms with Crippen LogP contribution in [0.4, 0.5) is 5.13 Å². The van der Waals surface area contributed by atoms with E-state index < -0.39 is 0 Å². The summed E-state index contributed by atoms with van der Waals surface area (Å²) in [5.41, 5.74) is 0. The maximum absolute atomic E-state index is 12.4. The Bertz CT molecular complexity index is 427. The minimum atomic E-state index is 0.0312. The molecule has 2 rings (SSSR count). The Kier molecular flexibility index (Phi) is 6.56. The summed E-state index contributed by atoms with van der Waals surface area (Å²) >= 11 is 1.47. The molecule has 0 aromatic carbocycles. The van der Waals surface area contributed by atoms with Gasteiger partial charge in [-0.05, 0) is 14.0 Å². The quantitative estimate of drug-likeness (QED) is 0.709. The number of thiazole rings is 1. The third-order valence-electron chi connectivity index (χ3n) is 3.34. The van der Waals surface area contributed by atoms with Gasteiger partial charge in [-0.2, -0.15) is 0 Å². The standard InChI is InChI=1S/C14H23N3O3S/c1-3-19-7-4-13(18)17(14-15-5-9-21-14)11-12-10-16(2)6-8-20-12/h5,9,12H,3-4,6-8,10-11H2,1-2H3/t12-/m1/s1. The molecule has 0 radical (unpaired) electrons. The number of ether oxygens (including phenoxy) is 2. The number of likely N-dealkylation sites (N-methyl/N-ethyl adjacent to an activating group) is 1. The van der Waals surface area contributed by atoms with Crippen molar-refractivity contribution in [3.05, 3.63) is 11.6 Å². The van der Waals surface area contributed by atoms with Gasteiger partial charge in [-0.25, -0.2) is 4.98 Å². The first kappa shape index (κ1) is 16.4. The van der Waals surface area contributed by atoms with Crippen molar-refractivity contribution in [3.8, 4) is 0 Å². The monoisotopic (exact) mass is 313 g/mol. The molecular formula is C14H23N3O3S. The lowest BCUT2D eigenvalue weighted by molar-refractivity contribution is -0.120. The Morgan fingerprint density at radius 2 is 2.52 bits per heavy atom. The van der Waals surface area contributed by atoms with Gasteiger partial charge in [0.25, 0.3) is 0 Å². The molecule has 1 saturated heterocycles. The topological polar surface area (TPSA) is 54.9 Å². The fourth-order valence-corrected chi connectivity index (χ4v) is 2.92. The summed E-state index contributed by atoms with van der Waals surface area (Å²) in [7, 11) is 2.07. The lowest BCUT2D eigenvalue weighted by Gasteiger charge is -2.33. The lowest BCUT2D eigenvalue weighted by atomic mass is 10.2. The van der Waals surface area contributed by atoms with Crippen LogP contribution in [0.25, 0.3) is 0 Å². The minimum absolute atomic E-state index is 0.0312. The van der Waals surface area contributed by atoms with E-state index in [1.807, 2.05) is 12.3 Å². The van der Waals surface area contributed by atoms with Crippen molar-refractivity contribution in [1.29, 1.82) is 0 Å². The Morgan fingerprint density at radius 3 is 3.19 bits per heavy atom. The van der Waals surface area contributed by atoms with E-state index in [-0.39, 0.29) is 12.0 Å². The second-order valence-electron chi connectivity index (χ2n) is 5.02. The van der Waals surface area contributed by atoms with Crippen molar-refractivity contribution in [3.63, 3.8) is 0 Å². The summed E-state index contributed by atoms with van der Waals surface area (Å²) in [6.07, 6.45) is 2.12. The average Bonchev–Trinajstić information content (AvgIpc) is 2.99. The third-order valence-corrected chi connectivity index (χ3v) is 4.14. The molecule has 118 valence electrons. The number of nitrogens with zero attached hydrogens (tertiary/aromatic N) is 3. The molecule has 7 heteroatoms. The van der Waals surface area contributed by atoms with Crippen LogP contribution in [0.5, 0.6) is 0 Å². The van der Waals surface area contributed by atoms with Gasteiger partial charge in [-0.15, -0.1) is 11.3 Å². The van der Waals surface area contributed by atoms with E-state index in [2.05, 4.69) is 16.9 Å². The molecule has 6 nitrogen and oxygen atoms in total. The molecule has 0 aliphatic carbocycles. The van der Waals surface area contributed by atoms with Gasteiger partial charge in [0.05, 0.1) is 32.3 Å². The second kappa shape index (κ2) is 8.43. The lowest BCUT2D eigenvalue weighted by Crippen LogP contribution is -2.47. The van der Waals surface area contributed by atoms with Crippen LogP contribution in [0.15, 0.2) is 11.6 Å². The maximum Gasteiger partial charge on any atom is 0.231 e. The summed E-state index contributed by atoms with van der Waals surface area (Å²) in [5.74, 6) is 0.0372. The molecular weight excluding hydrogens is 290 g/mol. The zero-order chi connectivity index (χ0) is 15.1. The molecule has 0 spiro atoms. The highest BCUT2D eigenvalue weighted by Crippen LogP contribution is 2.20. The molecule has 0 saturated carbocycles. The van der Waals surface area contributed by atoms with Crippen LogP contribution in [0.2, 0.25) is 0 Å². The van der Waals surface area contributed by atoms with Gasteiger partial charge in [-0.1, -0.05) is 0 Å². The Labute approximate surface area is 129 Å². The third kappa shape index (κ3) is 5.03. The highest BCUT2D eigenvalue weighted by molar-refractivity contribution is 7.13. The van der Waals surface area contributed by atoms with Crippen molar-refractivity contribution in [2.45, 2.75) is 19.4 Å². The van der Waals surface area contributed by atoms with Crippen molar-refractivity contribution in [1.82, 2.24) is 9.88 Å².